The summed E-state index contributed by atoms with van der Waals surface area (Å²) in [4.78, 5) is 12.7. The summed E-state index contributed by atoms with van der Waals surface area (Å²) in [6.45, 7) is 1.15. The van der Waals surface area contributed by atoms with E-state index in [1.54, 1.807) is 11.8 Å². The van der Waals surface area contributed by atoms with Gasteiger partial charge < -0.3 is 9.47 Å². The molecule has 0 spiro atoms. The molecule has 0 aliphatic carbocycles. The number of thioether (sulfide) groups is 1. The Morgan fingerprint density at radius 2 is 1.87 bits per heavy atom. The van der Waals surface area contributed by atoms with Gasteiger partial charge in [-0.05, 0) is 12.1 Å². The monoisotopic (exact) mass is 222 g/mol. The summed E-state index contributed by atoms with van der Waals surface area (Å²) in [6, 6.07) is 3.74. The zero-order valence-corrected chi connectivity index (χ0v) is 8.93. The first-order chi connectivity index (χ1) is 7.34. The van der Waals surface area contributed by atoms with Crippen molar-refractivity contribution in [2.45, 2.75) is 11.3 Å². The Morgan fingerprint density at radius 1 is 1.13 bits per heavy atom. The maximum Gasteiger partial charge on any atom is 0.164 e. The van der Waals surface area contributed by atoms with Crippen molar-refractivity contribution in [2.75, 3.05) is 19.0 Å². The van der Waals surface area contributed by atoms with Crippen LogP contribution in [0, 0.1) is 0 Å². The smallest absolute Gasteiger partial charge is 0.164 e. The summed E-state index contributed by atoms with van der Waals surface area (Å²) in [7, 11) is 0. The molecule has 0 N–H and O–H groups in total. The standard InChI is InChI=1S/C11H10O3S/c12-8-1-4-15-11-6-10-9(5-7(8)11)13-2-3-14-10/h5-6H,1-4H2. The van der Waals surface area contributed by atoms with E-state index in [0.29, 0.717) is 25.4 Å². The van der Waals surface area contributed by atoms with Crippen molar-refractivity contribution >= 4 is 17.5 Å². The van der Waals surface area contributed by atoms with Gasteiger partial charge in [-0.25, -0.2) is 0 Å². The predicted molar refractivity (Wildman–Crippen MR) is 57.1 cm³/mol. The molecule has 0 amide bonds. The van der Waals surface area contributed by atoms with Crippen molar-refractivity contribution < 1.29 is 14.3 Å². The molecule has 0 aromatic heterocycles. The minimum Gasteiger partial charge on any atom is -0.486 e. The average molecular weight is 222 g/mol. The topological polar surface area (TPSA) is 35.5 Å². The summed E-state index contributed by atoms with van der Waals surface area (Å²) < 4.78 is 10.9. The molecule has 0 bridgehead atoms. The Kier molecular flexibility index (Phi) is 2.09. The van der Waals surface area contributed by atoms with E-state index in [4.69, 9.17) is 9.47 Å². The maximum atomic E-state index is 11.7. The van der Waals surface area contributed by atoms with Crippen LogP contribution in [0.2, 0.25) is 0 Å². The van der Waals surface area contributed by atoms with E-state index in [9.17, 15) is 4.79 Å². The van der Waals surface area contributed by atoms with Crippen molar-refractivity contribution in [2.24, 2.45) is 0 Å². The van der Waals surface area contributed by atoms with Gasteiger partial charge in [-0.3, -0.25) is 4.79 Å². The van der Waals surface area contributed by atoms with Crippen LogP contribution in [-0.4, -0.2) is 24.7 Å². The molecular weight excluding hydrogens is 212 g/mol. The highest BCUT2D eigenvalue weighted by Crippen LogP contribution is 2.39. The summed E-state index contributed by atoms with van der Waals surface area (Å²) in [5, 5.41) is 0. The molecule has 0 atom stereocenters. The van der Waals surface area contributed by atoms with Gasteiger partial charge in [0.25, 0.3) is 0 Å². The molecular formula is C11H10O3S. The maximum absolute atomic E-state index is 11.7. The zero-order valence-electron chi connectivity index (χ0n) is 8.12. The van der Waals surface area contributed by atoms with E-state index < -0.39 is 0 Å². The fourth-order valence-electron chi connectivity index (χ4n) is 1.80. The number of benzene rings is 1. The van der Waals surface area contributed by atoms with Crippen LogP contribution >= 0.6 is 11.8 Å². The van der Waals surface area contributed by atoms with Crippen molar-refractivity contribution in [3.05, 3.63) is 17.7 Å². The Morgan fingerprint density at radius 3 is 2.67 bits per heavy atom. The molecule has 78 valence electrons. The summed E-state index contributed by atoms with van der Waals surface area (Å²) >= 11 is 1.71. The molecule has 3 rings (SSSR count). The van der Waals surface area contributed by atoms with E-state index in [1.807, 2.05) is 12.1 Å². The highest BCUT2D eigenvalue weighted by Gasteiger charge is 2.22. The Hall–Kier alpha value is -1.16. The van der Waals surface area contributed by atoms with Gasteiger partial charge in [-0.2, -0.15) is 0 Å². The second-order valence-corrected chi connectivity index (χ2v) is 4.65. The minimum absolute atomic E-state index is 0.209. The molecule has 2 heterocycles. The van der Waals surface area contributed by atoms with Gasteiger partial charge in [0.2, 0.25) is 0 Å². The Labute approximate surface area is 91.8 Å². The third-order valence-electron chi connectivity index (χ3n) is 2.53. The molecule has 0 fully saturated rings. The van der Waals surface area contributed by atoms with Gasteiger partial charge in [0.05, 0.1) is 0 Å². The molecule has 2 aliphatic heterocycles. The number of carbonyl (C=O) groups is 1. The normalized spacial score (nSPS) is 18.5. The van der Waals surface area contributed by atoms with Crippen molar-refractivity contribution in [1.82, 2.24) is 0 Å². The predicted octanol–water partition coefficient (Wildman–Crippen LogP) is 2.14. The first-order valence-corrected chi connectivity index (χ1v) is 5.93. The van der Waals surface area contributed by atoms with Gasteiger partial charge in [0.1, 0.15) is 13.2 Å². The molecule has 0 saturated heterocycles. The fraction of sp³-hybridized carbons (Fsp3) is 0.364. The molecule has 2 aliphatic rings. The lowest BCUT2D eigenvalue weighted by molar-refractivity contribution is 0.0983. The van der Waals surface area contributed by atoms with E-state index in [-0.39, 0.29) is 5.78 Å². The van der Waals surface area contributed by atoms with Crippen molar-refractivity contribution in [3.8, 4) is 11.5 Å². The van der Waals surface area contributed by atoms with Crippen molar-refractivity contribution in [1.29, 1.82) is 0 Å². The molecule has 1 aromatic carbocycles. The number of ether oxygens (including phenoxy) is 2. The molecule has 1 aromatic rings. The molecule has 3 nitrogen and oxygen atoms in total. The minimum atomic E-state index is 0.209. The second-order valence-electron chi connectivity index (χ2n) is 3.51. The zero-order chi connectivity index (χ0) is 10.3. The van der Waals surface area contributed by atoms with Gasteiger partial charge in [-0.15, -0.1) is 11.8 Å². The van der Waals surface area contributed by atoms with Crippen LogP contribution < -0.4 is 9.47 Å². The lowest BCUT2D eigenvalue weighted by Gasteiger charge is -2.22. The number of ketones is 1. The second kappa shape index (κ2) is 3.45. The first-order valence-electron chi connectivity index (χ1n) is 4.94. The third kappa shape index (κ3) is 1.49. The lowest BCUT2D eigenvalue weighted by atomic mass is 10.1. The number of Topliss-reactive ketones (excluding diaryl/α,β-unsaturated/α-hetero) is 1. The van der Waals surface area contributed by atoms with Gasteiger partial charge in [-0.1, -0.05) is 0 Å². The SMILES string of the molecule is O=C1CCSc2cc3c(cc21)OCCO3. The van der Waals surface area contributed by atoms with E-state index in [2.05, 4.69) is 0 Å². The quantitative estimate of drug-likeness (QED) is 0.673. The molecule has 0 unspecified atom stereocenters. The van der Waals surface area contributed by atoms with Crippen LogP contribution in [0.5, 0.6) is 11.5 Å². The third-order valence-corrected chi connectivity index (χ3v) is 3.59. The molecule has 0 saturated carbocycles. The fourth-order valence-corrected chi connectivity index (χ4v) is 2.82. The average Bonchev–Trinajstić information content (AvgIpc) is 2.27. The Balaban J connectivity index is 2.12. The highest BCUT2D eigenvalue weighted by atomic mass is 32.2. The van der Waals surface area contributed by atoms with Crippen molar-refractivity contribution in [3.63, 3.8) is 0 Å². The summed E-state index contributed by atoms with van der Waals surface area (Å²) in [5.41, 5.74) is 0.788. The highest BCUT2D eigenvalue weighted by molar-refractivity contribution is 7.99. The largest absolute Gasteiger partial charge is 0.486 e. The van der Waals surface area contributed by atoms with Crippen LogP contribution in [0.15, 0.2) is 17.0 Å². The number of hydrogen-bond acceptors (Lipinski definition) is 4. The molecule has 15 heavy (non-hydrogen) atoms. The van der Waals surface area contributed by atoms with Crippen LogP contribution in [0.3, 0.4) is 0 Å². The summed E-state index contributed by atoms with van der Waals surface area (Å²) in [6.07, 6.45) is 0.622. The lowest BCUT2D eigenvalue weighted by Crippen LogP contribution is -2.17. The van der Waals surface area contributed by atoms with E-state index in [1.165, 1.54) is 0 Å². The van der Waals surface area contributed by atoms with Crippen LogP contribution in [0.4, 0.5) is 0 Å². The van der Waals surface area contributed by atoms with Crippen LogP contribution in [0.1, 0.15) is 16.8 Å². The van der Waals surface area contributed by atoms with Gasteiger partial charge in [0, 0.05) is 22.6 Å². The number of fused-ring (bicyclic) bond motifs is 2. The van der Waals surface area contributed by atoms with Crippen LogP contribution in [-0.2, 0) is 0 Å². The summed E-state index contributed by atoms with van der Waals surface area (Å²) in [5.74, 6) is 2.55. The van der Waals surface area contributed by atoms with E-state index >= 15 is 0 Å². The van der Waals surface area contributed by atoms with Crippen LogP contribution in [0.25, 0.3) is 0 Å². The number of carbonyl (C=O) groups excluding carboxylic acids is 1. The first kappa shape index (κ1) is 9.09. The van der Waals surface area contributed by atoms with Gasteiger partial charge in [0.15, 0.2) is 17.3 Å². The van der Waals surface area contributed by atoms with E-state index in [0.717, 1.165) is 22.0 Å². The molecule has 4 heteroatoms. The Bertz CT molecular complexity index is 428. The number of rotatable bonds is 0. The molecule has 0 radical (unpaired) electrons. The number of hydrogen-bond donors (Lipinski definition) is 0. The van der Waals surface area contributed by atoms with Gasteiger partial charge >= 0.3 is 0 Å².